The summed E-state index contributed by atoms with van der Waals surface area (Å²) in [7, 11) is -3.83. The second-order valence-corrected chi connectivity index (χ2v) is 8.00. The number of rotatable bonds is 5. The van der Waals surface area contributed by atoms with Gasteiger partial charge >= 0.3 is 0 Å². The van der Waals surface area contributed by atoms with Crippen molar-refractivity contribution < 1.29 is 17.9 Å². The first-order chi connectivity index (χ1) is 13.4. The third-order valence-electron chi connectivity index (χ3n) is 4.29. The summed E-state index contributed by atoms with van der Waals surface area (Å²) in [6.07, 6.45) is 0. The van der Waals surface area contributed by atoms with Crippen LogP contribution in [0, 0.1) is 13.8 Å². The standard InChI is InChI=1S/C19H18N4O4S/c1-12-4-3-5-13(2)19(12)20-17-8-9-18(22-21-17)23-28(24,25)14-6-7-15-16(10-14)27-11-26-15/h3-10H,11H2,1-2H3,(H,20,21)(H,22,23). The molecule has 0 radical (unpaired) electrons. The SMILES string of the molecule is Cc1cccc(C)c1Nc1ccc(NS(=O)(=O)c2ccc3c(c2)OCO3)nn1. The summed E-state index contributed by atoms with van der Waals surface area (Å²) in [5, 5.41) is 11.2. The molecule has 4 rings (SSSR count). The number of ether oxygens (including phenoxy) is 2. The lowest BCUT2D eigenvalue weighted by molar-refractivity contribution is 0.174. The van der Waals surface area contributed by atoms with Gasteiger partial charge in [-0.25, -0.2) is 8.42 Å². The highest BCUT2D eigenvalue weighted by Crippen LogP contribution is 2.34. The summed E-state index contributed by atoms with van der Waals surface area (Å²) in [4.78, 5) is 0.0521. The van der Waals surface area contributed by atoms with E-state index in [-0.39, 0.29) is 17.5 Å². The zero-order valence-corrected chi connectivity index (χ0v) is 16.1. The van der Waals surface area contributed by atoms with Crippen LogP contribution in [0.5, 0.6) is 11.5 Å². The van der Waals surface area contributed by atoms with Crippen molar-refractivity contribution in [3.05, 3.63) is 59.7 Å². The number of hydrogen-bond acceptors (Lipinski definition) is 7. The van der Waals surface area contributed by atoms with E-state index in [0.29, 0.717) is 17.3 Å². The molecular formula is C19H18N4O4S. The van der Waals surface area contributed by atoms with E-state index in [1.54, 1.807) is 18.2 Å². The van der Waals surface area contributed by atoms with Gasteiger partial charge in [0.2, 0.25) is 6.79 Å². The lowest BCUT2D eigenvalue weighted by Gasteiger charge is -2.12. The Bertz CT molecular complexity index is 1110. The lowest BCUT2D eigenvalue weighted by Crippen LogP contribution is -2.14. The minimum atomic E-state index is -3.83. The molecule has 144 valence electrons. The Labute approximate surface area is 162 Å². The summed E-state index contributed by atoms with van der Waals surface area (Å²) >= 11 is 0. The minimum Gasteiger partial charge on any atom is -0.454 e. The molecule has 0 atom stereocenters. The number of para-hydroxylation sites is 1. The van der Waals surface area contributed by atoms with Crippen molar-refractivity contribution in [2.75, 3.05) is 16.8 Å². The summed E-state index contributed by atoms with van der Waals surface area (Å²) in [5.41, 5.74) is 3.11. The highest BCUT2D eigenvalue weighted by atomic mass is 32.2. The van der Waals surface area contributed by atoms with Gasteiger partial charge in [0.05, 0.1) is 4.90 Å². The van der Waals surface area contributed by atoms with E-state index in [1.807, 2.05) is 32.0 Å². The van der Waals surface area contributed by atoms with Crippen molar-refractivity contribution >= 4 is 27.3 Å². The van der Waals surface area contributed by atoms with Crippen molar-refractivity contribution in [3.8, 4) is 11.5 Å². The molecular weight excluding hydrogens is 380 g/mol. The van der Waals surface area contributed by atoms with Crippen molar-refractivity contribution in [2.24, 2.45) is 0 Å². The van der Waals surface area contributed by atoms with Crippen LogP contribution in [-0.2, 0) is 10.0 Å². The molecule has 28 heavy (non-hydrogen) atoms. The summed E-state index contributed by atoms with van der Waals surface area (Å²) in [5.74, 6) is 1.54. The summed E-state index contributed by atoms with van der Waals surface area (Å²) < 4.78 is 38.0. The molecule has 2 N–H and O–H groups in total. The summed E-state index contributed by atoms with van der Waals surface area (Å²) in [6, 6.07) is 13.6. The van der Waals surface area contributed by atoms with Gasteiger partial charge < -0.3 is 14.8 Å². The van der Waals surface area contributed by atoms with Crippen LogP contribution in [0.4, 0.5) is 17.3 Å². The summed E-state index contributed by atoms with van der Waals surface area (Å²) in [6.45, 7) is 4.07. The second-order valence-electron chi connectivity index (χ2n) is 6.32. The molecule has 0 amide bonds. The van der Waals surface area contributed by atoms with Crippen LogP contribution < -0.4 is 19.5 Å². The fraction of sp³-hybridized carbons (Fsp3) is 0.158. The van der Waals surface area contributed by atoms with Crippen molar-refractivity contribution in [1.82, 2.24) is 10.2 Å². The number of benzene rings is 2. The maximum absolute atomic E-state index is 12.6. The van der Waals surface area contributed by atoms with Crippen LogP contribution in [0.25, 0.3) is 0 Å². The Kier molecular flexibility index (Phi) is 4.52. The van der Waals surface area contributed by atoms with Crippen LogP contribution in [0.3, 0.4) is 0 Å². The van der Waals surface area contributed by atoms with Crippen LogP contribution in [-0.4, -0.2) is 25.4 Å². The third-order valence-corrected chi connectivity index (χ3v) is 5.64. The Morgan fingerprint density at radius 1 is 0.893 bits per heavy atom. The average molecular weight is 398 g/mol. The smallest absolute Gasteiger partial charge is 0.263 e. The molecule has 0 fully saturated rings. The van der Waals surface area contributed by atoms with Gasteiger partial charge in [-0.05, 0) is 49.2 Å². The quantitative estimate of drug-likeness (QED) is 0.679. The predicted molar refractivity (Wildman–Crippen MR) is 105 cm³/mol. The second kappa shape index (κ2) is 7.01. The normalized spacial score (nSPS) is 12.6. The van der Waals surface area contributed by atoms with Gasteiger partial charge in [0.25, 0.3) is 10.0 Å². The van der Waals surface area contributed by atoms with Gasteiger partial charge in [-0.3, -0.25) is 4.72 Å². The fourth-order valence-electron chi connectivity index (χ4n) is 2.83. The number of nitrogens with zero attached hydrogens (tertiary/aromatic N) is 2. The van der Waals surface area contributed by atoms with E-state index >= 15 is 0 Å². The van der Waals surface area contributed by atoms with Crippen LogP contribution >= 0.6 is 0 Å². The van der Waals surface area contributed by atoms with Gasteiger partial charge in [-0.15, -0.1) is 10.2 Å². The molecule has 0 saturated heterocycles. The molecule has 1 aliphatic rings. The molecule has 0 saturated carbocycles. The number of anilines is 3. The molecule has 3 aromatic rings. The number of nitrogens with one attached hydrogen (secondary N) is 2. The first kappa shape index (κ1) is 18.1. The topological polar surface area (TPSA) is 102 Å². The first-order valence-electron chi connectivity index (χ1n) is 8.52. The molecule has 2 heterocycles. The van der Waals surface area contributed by atoms with E-state index in [9.17, 15) is 8.42 Å². The lowest BCUT2D eigenvalue weighted by atomic mass is 10.1. The van der Waals surface area contributed by atoms with Gasteiger partial charge in [0.15, 0.2) is 23.1 Å². The highest BCUT2D eigenvalue weighted by molar-refractivity contribution is 7.92. The van der Waals surface area contributed by atoms with E-state index in [2.05, 4.69) is 20.2 Å². The molecule has 0 bridgehead atoms. The molecule has 1 aliphatic heterocycles. The van der Waals surface area contributed by atoms with E-state index < -0.39 is 10.0 Å². The Morgan fingerprint density at radius 2 is 1.57 bits per heavy atom. The number of hydrogen-bond donors (Lipinski definition) is 2. The molecule has 2 aromatic carbocycles. The predicted octanol–water partition coefficient (Wildman–Crippen LogP) is 3.37. The number of aryl methyl sites for hydroxylation is 2. The third kappa shape index (κ3) is 3.56. The Balaban J connectivity index is 1.51. The maximum atomic E-state index is 12.6. The number of fused-ring (bicyclic) bond motifs is 1. The minimum absolute atomic E-state index is 0.0521. The van der Waals surface area contributed by atoms with Crippen LogP contribution in [0.1, 0.15) is 11.1 Å². The highest BCUT2D eigenvalue weighted by Gasteiger charge is 2.21. The van der Waals surface area contributed by atoms with E-state index in [0.717, 1.165) is 16.8 Å². The van der Waals surface area contributed by atoms with Gasteiger partial charge in [-0.2, -0.15) is 0 Å². The number of sulfonamides is 1. The van der Waals surface area contributed by atoms with E-state index in [4.69, 9.17) is 9.47 Å². The molecule has 9 heteroatoms. The Hall–Kier alpha value is -3.33. The van der Waals surface area contributed by atoms with Crippen LogP contribution in [0.2, 0.25) is 0 Å². The van der Waals surface area contributed by atoms with Crippen molar-refractivity contribution in [1.29, 1.82) is 0 Å². The van der Waals surface area contributed by atoms with Crippen LogP contribution in [0.15, 0.2) is 53.4 Å². The van der Waals surface area contributed by atoms with E-state index in [1.165, 1.54) is 12.1 Å². The van der Waals surface area contributed by atoms with Gasteiger partial charge in [-0.1, -0.05) is 18.2 Å². The molecule has 8 nitrogen and oxygen atoms in total. The largest absolute Gasteiger partial charge is 0.454 e. The monoisotopic (exact) mass is 398 g/mol. The number of aromatic nitrogens is 2. The molecule has 0 aliphatic carbocycles. The van der Waals surface area contributed by atoms with Crippen molar-refractivity contribution in [2.45, 2.75) is 18.7 Å². The average Bonchev–Trinajstić information content (AvgIpc) is 3.14. The van der Waals surface area contributed by atoms with Crippen molar-refractivity contribution in [3.63, 3.8) is 0 Å². The zero-order chi connectivity index (χ0) is 19.7. The van der Waals surface area contributed by atoms with Gasteiger partial charge in [0.1, 0.15) is 0 Å². The maximum Gasteiger partial charge on any atom is 0.263 e. The zero-order valence-electron chi connectivity index (χ0n) is 15.3. The fourth-order valence-corrected chi connectivity index (χ4v) is 3.85. The molecule has 0 unspecified atom stereocenters. The first-order valence-corrected chi connectivity index (χ1v) is 10.0. The Morgan fingerprint density at radius 3 is 2.29 bits per heavy atom. The molecule has 0 spiro atoms. The molecule has 1 aromatic heterocycles. The van der Waals surface area contributed by atoms with Gasteiger partial charge in [0, 0.05) is 11.8 Å².